The van der Waals surface area contributed by atoms with E-state index in [0.717, 1.165) is 67.6 Å². The number of hydrogen-bond donors (Lipinski definition) is 0. The number of halogens is 1. The van der Waals surface area contributed by atoms with Crippen LogP contribution in [0.25, 0.3) is 0 Å². The van der Waals surface area contributed by atoms with E-state index in [0.29, 0.717) is 56.0 Å². The van der Waals surface area contributed by atoms with Gasteiger partial charge in [0, 0.05) is 67.8 Å². The van der Waals surface area contributed by atoms with Crippen LogP contribution in [0.4, 0.5) is 4.79 Å². The maximum absolute atomic E-state index is 14.6. The first kappa shape index (κ1) is 31.0. The number of carbonyl (C=O) groups excluding carboxylic acids is 2. The van der Waals surface area contributed by atoms with Crippen LogP contribution in [0.1, 0.15) is 73.5 Å². The first-order valence-electron chi connectivity index (χ1n) is 16.8. The minimum atomic E-state index is -0.675. The van der Waals surface area contributed by atoms with E-state index in [1.165, 1.54) is 6.42 Å². The molecule has 0 spiro atoms. The van der Waals surface area contributed by atoms with Gasteiger partial charge in [0.2, 0.25) is 5.91 Å². The van der Waals surface area contributed by atoms with Crippen LogP contribution in [0.3, 0.4) is 0 Å². The molecule has 4 aliphatic rings. The Morgan fingerprint density at radius 1 is 1.02 bits per heavy atom. The number of nitrogens with zero attached hydrogens (tertiary/aromatic N) is 6. The largest absolute Gasteiger partial charge is 0.488 e. The van der Waals surface area contributed by atoms with Gasteiger partial charge in [-0.25, -0.2) is 9.78 Å². The van der Waals surface area contributed by atoms with Crippen molar-refractivity contribution in [2.24, 2.45) is 5.92 Å². The van der Waals surface area contributed by atoms with Crippen molar-refractivity contribution in [2.45, 2.75) is 83.2 Å². The van der Waals surface area contributed by atoms with Crippen molar-refractivity contribution in [1.29, 1.82) is 0 Å². The number of piperazine rings is 1. The van der Waals surface area contributed by atoms with Crippen molar-refractivity contribution in [3.8, 4) is 5.75 Å². The van der Waals surface area contributed by atoms with Gasteiger partial charge >= 0.3 is 6.09 Å². The number of hydrogen-bond acceptors (Lipinski definition) is 7. The molecule has 11 heteroatoms. The average molecular weight is 647 g/mol. The van der Waals surface area contributed by atoms with Gasteiger partial charge in [-0.05, 0) is 69.6 Å². The zero-order valence-electron chi connectivity index (χ0n) is 26.5. The van der Waals surface area contributed by atoms with Crippen molar-refractivity contribution in [3.63, 3.8) is 0 Å². The third-order valence-corrected chi connectivity index (χ3v) is 10.3. The Bertz CT molecular complexity index is 1560. The molecule has 1 aliphatic carbocycles. The molecular formula is C35H43ClN6O4. The summed E-state index contributed by atoms with van der Waals surface area (Å²) in [5, 5.41) is 0.602. The minimum Gasteiger partial charge on any atom is -0.488 e. The molecule has 3 fully saturated rings. The second kappa shape index (κ2) is 13.6. The van der Waals surface area contributed by atoms with Gasteiger partial charge in [0.1, 0.15) is 24.5 Å². The van der Waals surface area contributed by atoms with Crippen LogP contribution in [-0.2, 0) is 22.7 Å². The highest BCUT2D eigenvalue weighted by Crippen LogP contribution is 2.41. The molecule has 1 saturated carbocycles. The summed E-state index contributed by atoms with van der Waals surface area (Å²) in [5.74, 6) is 1.02. The third-order valence-electron chi connectivity index (χ3n) is 10.0. The zero-order chi connectivity index (χ0) is 31.6. The number of imidazole rings is 1. The number of carbonyl (C=O) groups is 2. The molecule has 7 rings (SSSR count). The van der Waals surface area contributed by atoms with Gasteiger partial charge in [0.25, 0.3) is 0 Å². The summed E-state index contributed by atoms with van der Waals surface area (Å²) in [4.78, 5) is 43.5. The fraction of sp³-hybridized carbons (Fsp3) is 0.543. The molecule has 0 N–H and O–H groups in total. The summed E-state index contributed by atoms with van der Waals surface area (Å²) in [6, 6.07) is 8.76. The SMILES string of the molecule is Cc1cn(C[C@@H]2CCCN(C(=O)[C@H]3CN([C@@H]4c5ccc(Cl)cc5OCc5cccnc54)CCN3C(=O)OC3CCCCC3)C2)cn1. The number of likely N-dealkylation sites (tertiary alicyclic amines) is 1. The summed E-state index contributed by atoms with van der Waals surface area (Å²) >= 11 is 6.40. The van der Waals surface area contributed by atoms with Crippen molar-refractivity contribution in [2.75, 3.05) is 32.7 Å². The van der Waals surface area contributed by atoms with Gasteiger partial charge < -0.3 is 18.9 Å². The highest BCUT2D eigenvalue weighted by atomic mass is 35.5. The molecule has 3 aliphatic heterocycles. The maximum atomic E-state index is 14.6. The molecule has 2 saturated heterocycles. The Hall–Kier alpha value is -3.63. The Morgan fingerprint density at radius 3 is 2.72 bits per heavy atom. The molecule has 3 aromatic rings. The number of aryl methyl sites for hydroxylation is 1. The van der Waals surface area contributed by atoms with E-state index in [1.807, 2.05) is 54.7 Å². The number of piperidine rings is 1. The van der Waals surface area contributed by atoms with Gasteiger partial charge in [-0.1, -0.05) is 30.2 Å². The molecule has 0 bridgehead atoms. The van der Waals surface area contributed by atoms with E-state index in [2.05, 4.69) is 20.6 Å². The molecular weight excluding hydrogens is 604 g/mol. The van der Waals surface area contributed by atoms with Gasteiger partial charge in [0.15, 0.2) is 0 Å². The van der Waals surface area contributed by atoms with Crippen LogP contribution >= 0.6 is 11.6 Å². The van der Waals surface area contributed by atoms with E-state index < -0.39 is 6.04 Å². The Kier molecular flexibility index (Phi) is 9.17. The lowest BCUT2D eigenvalue weighted by Crippen LogP contribution is -2.62. The zero-order valence-corrected chi connectivity index (χ0v) is 27.3. The molecule has 0 unspecified atom stereocenters. The fourth-order valence-electron chi connectivity index (χ4n) is 7.71. The predicted molar refractivity (Wildman–Crippen MR) is 174 cm³/mol. The van der Waals surface area contributed by atoms with Crippen LogP contribution in [-0.4, -0.2) is 86.1 Å². The number of fused-ring (bicyclic) bond motifs is 2. The van der Waals surface area contributed by atoms with Gasteiger partial charge in [-0.15, -0.1) is 0 Å². The third kappa shape index (κ3) is 6.60. The van der Waals surface area contributed by atoms with Crippen LogP contribution < -0.4 is 4.74 Å². The van der Waals surface area contributed by atoms with Crippen LogP contribution in [0.2, 0.25) is 5.02 Å². The van der Waals surface area contributed by atoms with E-state index in [4.69, 9.17) is 26.1 Å². The second-order valence-corrected chi connectivity index (χ2v) is 13.7. The van der Waals surface area contributed by atoms with Gasteiger partial charge in [0.05, 0.1) is 23.8 Å². The Morgan fingerprint density at radius 2 is 1.89 bits per heavy atom. The summed E-state index contributed by atoms with van der Waals surface area (Å²) in [6.45, 7) is 5.84. The number of rotatable bonds is 5. The second-order valence-electron chi connectivity index (χ2n) is 13.3. The van der Waals surface area contributed by atoms with Crippen molar-refractivity contribution in [3.05, 3.63) is 76.6 Å². The average Bonchev–Trinajstić information content (AvgIpc) is 3.41. The molecule has 2 amide bonds. The van der Waals surface area contributed by atoms with E-state index in [-0.39, 0.29) is 24.1 Å². The summed E-state index contributed by atoms with van der Waals surface area (Å²) in [5.41, 5.74) is 3.85. The van der Waals surface area contributed by atoms with Crippen LogP contribution in [0, 0.1) is 12.8 Å². The monoisotopic (exact) mass is 646 g/mol. The maximum Gasteiger partial charge on any atom is 0.410 e. The molecule has 2 aromatic heterocycles. The van der Waals surface area contributed by atoms with E-state index in [9.17, 15) is 9.59 Å². The fourth-order valence-corrected chi connectivity index (χ4v) is 7.87. The molecule has 3 atom stereocenters. The topological polar surface area (TPSA) is 93.0 Å². The molecule has 0 radical (unpaired) electrons. The smallest absolute Gasteiger partial charge is 0.410 e. The first-order chi connectivity index (χ1) is 22.4. The Labute approximate surface area is 275 Å². The molecule has 46 heavy (non-hydrogen) atoms. The highest BCUT2D eigenvalue weighted by Gasteiger charge is 2.43. The Balaban J connectivity index is 1.17. The number of amides is 2. The summed E-state index contributed by atoms with van der Waals surface area (Å²) in [6.07, 6.45) is 12.3. The first-order valence-corrected chi connectivity index (χ1v) is 17.1. The standard InChI is InChI=1S/C35H43ClN6O4/c1-24-18-39(23-38-24)19-25-7-6-14-41(20-25)34(43)30-21-40(15-16-42(30)35(44)46-28-9-3-2-4-10-28)33-29-12-11-27(36)17-31(29)45-22-26-8-5-13-37-32(26)33/h5,8,11-13,17-18,23,25,28,30,33H,2-4,6-7,9-10,14-16,19-22H2,1H3/t25-,30+,33+/m0/s1. The minimum absolute atomic E-state index is 0.0146. The lowest BCUT2D eigenvalue weighted by atomic mass is 9.95. The molecule has 10 nitrogen and oxygen atoms in total. The lowest BCUT2D eigenvalue weighted by molar-refractivity contribution is -0.141. The molecule has 5 heterocycles. The number of pyridine rings is 1. The van der Waals surface area contributed by atoms with E-state index >= 15 is 0 Å². The quantitative estimate of drug-likeness (QED) is 0.356. The molecule has 1 aromatic carbocycles. The summed E-state index contributed by atoms with van der Waals surface area (Å²) in [7, 11) is 0. The summed E-state index contributed by atoms with van der Waals surface area (Å²) < 4.78 is 14.4. The van der Waals surface area contributed by atoms with Crippen molar-refractivity contribution < 1.29 is 19.1 Å². The van der Waals surface area contributed by atoms with E-state index in [1.54, 1.807) is 4.90 Å². The normalized spacial score (nSPS) is 24.0. The van der Waals surface area contributed by atoms with Gasteiger partial charge in [-0.3, -0.25) is 19.6 Å². The number of ether oxygens (including phenoxy) is 2. The van der Waals surface area contributed by atoms with Crippen LogP contribution in [0.5, 0.6) is 5.75 Å². The highest BCUT2D eigenvalue weighted by molar-refractivity contribution is 6.30. The predicted octanol–water partition coefficient (Wildman–Crippen LogP) is 5.62. The van der Waals surface area contributed by atoms with Crippen LogP contribution in [0.15, 0.2) is 49.1 Å². The molecule has 244 valence electrons. The lowest BCUT2D eigenvalue weighted by Gasteiger charge is -2.45. The number of benzene rings is 1. The van der Waals surface area contributed by atoms with Crippen molar-refractivity contribution in [1.82, 2.24) is 29.2 Å². The van der Waals surface area contributed by atoms with Gasteiger partial charge in [-0.2, -0.15) is 0 Å². The number of aromatic nitrogens is 3. The van der Waals surface area contributed by atoms with Crippen molar-refractivity contribution >= 4 is 23.6 Å².